The van der Waals surface area contributed by atoms with Crippen LogP contribution >= 0.6 is 20.2 Å². The summed E-state index contributed by atoms with van der Waals surface area (Å²) in [4.78, 5) is 0. The SMILES string of the molecule is O=POc1ccsn1. The highest BCUT2D eigenvalue weighted by Gasteiger charge is 1.90. The molecule has 0 unspecified atom stereocenters. The zero-order chi connectivity index (χ0) is 5.82. The maximum Gasteiger partial charge on any atom is 0.397 e. The highest BCUT2D eigenvalue weighted by atomic mass is 32.1. The number of hydrogen-bond donors (Lipinski definition) is 0. The summed E-state index contributed by atoms with van der Waals surface area (Å²) in [7, 11) is -0.350. The Labute approximate surface area is 51.8 Å². The van der Waals surface area contributed by atoms with E-state index in [2.05, 4.69) is 8.90 Å². The molecule has 0 radical (unpaired) electrons. The largest absolute Gasteiger partial charge is 0.397 e. The van der Waals surface area contributed by atoms with Gasteiger partial charge < -0.3 is 4.52 Å². The molecule has 1 rings (SSSR count). The highest BCUT2D eigenvalue weighted by Crippen LogP contribution is 2.12. The summed E-state index contributed by atoms with van der Waals surface area (Å²) < 4.78 is 17.9. The molecule has 0 saturated heterocycles. The van der Waals surface area contributed by atoms with Crippen LogP contribution in [0.5, 0.6) is 5.88 Å². The third kappa shape index (κ3) is 1.25. The minimum atomic E-state index is -0.350. The third-order valence-electron chi connectivity index (χ3n) is 0.545. The van der Waals surface area contributed by atoms with E-state index in [4.69, 9.17) is 0 Å². The minimum Gasteiger partial charge on any atom is -0.387 e. The van der Waals surface area contributed by atoms with Crippen molar-refractivity contribution in [2.24, 2.45) is 0 Å². The second-order valence-corrected chi connectivity index (χ2v) is 2.00. The molecule has 0 amide bonds. The summed E-state index contributed by atoms with van der Waals surface area (Å²) in [5.74, 6) is 0.409. The van der Waals surface area contributed by atoms with Crippen molar-refractivity contribution in [3.05, 3.63) is 11.4 Å². The maximum atomic E-state index is 9.71. The zero-order valence-corrected chi connectivity index (χ0v) is 5.48. The lowest BCUT2D eigenvalue weighted by molar-refractivity contribution is 0.518. The fourth-order valence-electron chi connectivity index (χ4n) is 0.287. The van der Waals surface area contributed by atoms with E-state index in [-0.39, 0.29) is 8.69 Å². The van der Waals surface area contributed by atoms with Crippen molar-refractivity contribution >= 4 is 20.2 Å². The molecule has 0 bridgehead atoms. The Morgan fingerprint density at radius 2 is 2.75 bits per heavy atom. The smallest absolute Gasteiger partial charge is 0.387 e. The second-order valence-electron chi connectivity index (χ2n) is 1.00. The maximum absolute atomic E-state index is 9.71. The van der Waals surface area contributed by atoms with Crippen molar-refractivity contribution in [1.82, 2.24) is 4.37 Å². The van der Waals surface area contributed by atoms with E-state index < -0.39 is 0 Å². The van der Waals surface area contributed by atoms with E-state index >= 15 is 0 Å². The summed E-state index contributed by atoms with van der Waals surface area (Å²) >= 11 is 1.26. The van der Waals surface area contributed by atoms with Crippen molar-refractivity contribution < 1.29 is 9.09 Å². The van der Waals surface area contributed by atoms with Crippen LogP contribution in [0.4, 0.5) is 0 Å². The molecule has 0 spiro atoms. The van der Waals surface area contributed by atoms with Crippen molar-refractivity contribution in [2.75, 3.05) is 0 Å². The lowest BCUT2D eigenvalue weighted by Crippen LogP contribution is -1.68. The number of rotatable bonds is 2. The average Bonchev–Trinajstić information content (AvgIpc) is 2.19. The molecule has 8 heavy (non-hydrogen) atoms. The van der Waals surface area contributed by atoms with Gasteiger partial charge in [0.1, 0.15) is 0 Å². The quantitative estimate of drug-likeness (QED) is 0.598. The first-order valence-electron chi connectivity index (χ1n) is 1.83. The molecule has 0 aliphatic rings. The summed E-state index contributed by atoms with van der Waals surface area (Å²) in [5.41, 5.74) is 0. The van der Waals surface area contributed by atoms with Gasteiger partial charge in [-0.05, 0) is 11.5 Å². The Hall–Kier alpha value is -0.470. The predicted molar refractivity (Wildman–Crippen MR) is 30.3 cm³/mol. The summed E-state index contributed by atoms with van der Waals surface area (Å²) in [6.07, 6.45) is 0. The van der Waals surface area contributed by atoms with Gasteiger partial charge in [-0.3, -0.25) is 0 Å². The average molecular weight is 147 g/mol. The fraction of sp³-hybridized carbons (Fsp3) is 0. The van der Waals surface area contributed by atoms with Crippen molar-refractivity contribution in [1.29, 1.82) is 0 Å². The summed E-state index contributed by atoms with van der Waals surface area (Å²) in [6.45, 7) is 0. The molecule has 1 aromatic rings. The van der Waals surface area contributed by atoms with Gasteiger partial charge in [0.05, 0.1) is 0 Å². The van der Waals surface area contributed by atoms with Gasteiger partial charge in [0, 0.05) is 11.4 Å². The van der Waals surface area contributed by atoms with Crippen molar-refractivity contribution in [3.63, 3.8) is 0 Å². The first-order chi connectivity index (χ1) is 3.93. The molecule has 0 aliphatic carbocycles. The molecule has 0 aliphatic heterocycles. The van der Waals surface area contributed by atoms with E-state index in [0.717, 1.165) is 0 Å². The lowest BCUT2D eigenvalue weighted by atomic mass is 10.7. The molecule has 1 heterocycles. The van der Waals surface area contributed by atoms with Gasteiger partial charge in [0.15, 0.2) is 0 Å². The molecule has 1 aromatic heterocycles. The molecule has 0 aromatic carbocycles. The van der Waals surface area contributed by atoms with Gasteiger partial charge in [-0.2, -0.15) is 4.37 Å². The number of hydrogen-bond acceptors (Lipinski definition) is 4. The standard InChI is InChI=1S/C3H2NO2PS/c5-7-6-3-1-2-8-4-3/h1-2H. The number of aromatic nitrogens is 1. The highest BCUT2D eigenvalue weighted by molar-refractivity contribution is 7.17. The minimum absolute atomic E-state index is 0.350. The van der Waals surface area contributed by atoms with Crippen LogP contribution in [-0.2, 0) is 4.57 Å². The Balaban J connectivity index is 2.62. The molecule has 42 valence electrons. The van der Waals surface area contributed by atoms with Crippen molar-refractivity contribution in [2.45, 2.75) is 0 Å². The van der Waals surface area contributed by atoms with Gasteiger partial charge >= 0.3 is 8.69 Å². The second kappa shape index (κ2) is 2.74. The molecule has 0 atom stereocenters. The summed E-state index contributed by atoms with van der Waals surface area (Å²) in [5, 5.41) is 1.75. The molecule has 3 nitrogen and oxygen atoms in total. The van der Waals surface area contributed by atoms with E-state index in [0.29, 0.717) is 5.88 Å². The normalized spacial score (nSPS) is 9.50. The Morgan fingerprint density at radius 1 is 1.88 bits per heavy atom. The predicted octanol–water partition coefficient (Wildman–Crippen LogP) is 1.73. The van der Waals surface area contributed by atoms with Crippen LogP contribution in [-0.4, -0.2) is 4.37 Å². The molecular weight excluding hydrogens is 145 g/mol. The number of nitrogens with zero attached hydrogens (tertiary/aromatic N) is 1. The van der Waals surface area contributed by atoms with Crippen molar-refractivity contribution in [3.8, 4) is 5.88 Å². The molecule has 0 N–H and O–H groups in total. The Morgan fingerprint density at radius 3 is 3.25 bits per heavy atom. The van der Waals surface area contributed by atoms with Gasteiger partial charge in [-0.1, -0.05) is 0 Å². The van der Waals surface area contributed by atoms with Crippen LogP contribution in [0.1, 0.15) is 0 Å². The van der Waals surface area contributed by atoms with Crippen LogP contribution in [0.15, 0.2) is 11.4 Å². The third-order valence-corrected chi connectivity index (χ3v) is 1.35. The van der Waals surface area contributed by atoms with Gasteiger partial charge in [-0.15, -0.1) is 0 Å². The van der Waals surface area contributed by atoms with Crippen LogP contribution < -0.4 is 4.52 Å². The molecule has 0 saturated carbocycles. The Kier molecular flexibility index (Phi) is 1.94. The van der Waals surface area contributed by atoms with E-state index in [9.17, 15) is 4.57 Å². The molecular formula is C3H2NO2PS. The van der Waals surface area contributed by atoms with Crippen LogP contribution in [0.3, 0.4) is 0 Å². The van der Waals surface area contributed by atoms with E-state index in [1.54, 1.807) is 11.4 Å². The molecule has 5 heteroatoms. The topological polar surface area (TPSA) is 39.2 Å². The first kappa shape index (κ1) is 5.66. The Bertz CT molecular complexity index is 164. The van der Waals surface area contributed by atoms with Gasteiger partial charge in [0.25, 0.3) is 0 Å². The molecule has 0 fully saturated rings. The van der Waals surface area contributed by atoms with Gasteiger partial charge in [0.2, 0.25) is 5.88 Å². The van der Waals surface area contributed by atoms with Gasteiger partial charge in [-0.25, -0.2) is 4.57 Å². The lowest BCUT2D eigenvalue weighted by Gasteiger charge is -1.80. The first-order valence-corrected chi connectivity index (χ1v) is 3.40. The van der Waals surface area contributed by atoms with Crippen LogP contribution in [0.25, 0.3) is 0 Å². The van der Waals surface area contributed by atoms with Crippen LogP contribution in [0.2, 0.25) is 0 Å². The zero-order valence-electron chi connectivity index (χ0n) is 3.77. The summed E-state index contributed by atoms with van der Waals surface area (Å²) in [6, 6.07) is 1.65. The van der Waals surface area contributed by atoms with E-state index in [1.165, 1.54) is 11.5 Å². The van der Waals surface area contributed by atoms with Crippen LogP contribution in [0, 0.1) is 0 Å². The van der Waals surface area contributed by atoms with E-state index in [1.807, 2.05) is 0 Å². The fourth-order valence-corrected chi connectivity index (χ4v) is 0.960. The monoisotopic (exact) mass is 147 g/mol.